The van der Waals surface area contributed by atoms with E-state index in [0.29, 0.717) is 11.8 Å². The van der Waals surface area contributed by atoms with Crippen LogP contribution in [-0.4, -0.2) is 33.9 Å². The largest absolute Gasteiger partial charge is 0.393 e. The lowest BCUT2D eigenvalue weighted by atomic mass is 9.87. The lowest BCUT2D eigenvalue weighted by molar-refractivity contribution is 0.0490. The maximum Gasteiger partial charge on any atom is 0.0670 e. The molecule has 0 aromatic rings. The summed E-state index contributed by atoms with van der Waals surface area (Å²) in [5, 5.41) is 19.3. The number of aliphatic hydroxyl groups is 2. The highest BCUT2D eigenvalue weighted by Gasteiger charge is 2.38. The minimum Gasteiger partial charge on any atom is -0.393 e. The van der Waals surface area contributed by atoms with Gasteiger partial charge in [0.25, 0.3) is 0 Å². The second-order valence-electron chi connectivity index (χ2n) is 3.93. The zero-order valence-corrected chi connectivity index (χ0v) is 7.96. The Morgan fingerprint density at radius 1 is 0.917 bits per heavy atom. The summed E-state index contributed by atoms with van der Waals surface area (Å²) in [4.78, 5) is 0. The van der Waals surface area contributed by atoms with Gasteiger partial charge in [0, 0.05) is 5.75 Å². The second-order valence-corrected chi connectivity index (χ2v) is 5.01. The van der Waals surface area contributed by atoms with Gasteiger partial charge in [-0.15, -0.1) is 0 Å². The molecule has 2 N–H and O–H groups in total. The van der Waals surface area contributed by atoms with Crippen LogP contribution in [0.3, 0.4) is 0 Å². The van der Waals surface area contributed by atoms with Crippen molar-refractivity contribution in [3.8, 4) is 0 Å². The van der Waals surface area contributed by atoms with Crippen LogP contribution in [-0.2, 0) is 0 Å². The van der Waals surface area contributed by atoms with E-state index in [9.17, 15) is 10.2 Å². The van der Waals surface area contributed by atoms with E-state index >= 15 is 0 Å². The molecule has 1 aliphatic carbocycles. The van der Waals surface area contributed by atoms with Gasteiger partial charge in [-0.2, -0.15) is 11.8 Å². The Balaban J connectivity index is 1.98. The maximum absolute atomic E-state index is 9.65. The summed E-state index contributed by atoms with van der Waals surface area (Å²) < 4.78 is 0. The molecule has 3 heteroatoms. The third-order valence-electron chi connectivity index (χ3n) is 3.17. The lowest BCUT2D eigenvalue weighted by Crippen LogP contribution is -2.30. The molecule has 0 aromatic heterocycles. The fourth-order valence-electron chi connectivity index (χ4n) is 2.44. The Morgan fingerprint density at radius 3 is 2.25 bits per heavy atom. The first-order valence-electron chi connectivity index (χ1n) is 4.73. The number of hydrogen-bond acceptors (Lipinski definition) is 3. The maximum atomic E-state index is 9.65. The molecule has 0 bridgehead atoms. The van der Waals surface area contributed by atoms with Crippen LogP contribution in [0.4, 0.5) is 0 Å². The first kappa shape index (κ1) is 8.85. The van der Waals surface area contributed by atoms with Crippen molar-refractivity contribution in [1.82, 2.24) is 0 Å². The van der Waals surface area contributed by atoms with Crippen molar-refractivity contribution in [2.45, 2.75) is 31.5 Å². The van der Waals surface area contributed by atoms with Crippen LogP contribution in [0.25, 0.3) is 0 Å². The molecule has 0 amide bonds. The summed E-state index contributed by atoms with van der Waals surface area (Å²) in [5.41, 5.74) is 0. The van der Waals surface area contributed by atoms with Crippen molar-refractivity contribution in [3.05, 3.63) is 0 Å². The van der Waals surface area contributed by atoms with Gasteiger partial charge >= 0.3 is 0 Å². The minimum absolute atomic E-state index is 0.136. The Bertz CT molecular complexity index is 145. The molecular weight excluding hydrogens is 172 g/mol. The molecule has 2 nitrogen and oxygen atoms in total. The standard InChI is InChI=1S/C9H16O2S/c10-8-3-1-2-6(8)7-4-12-5-9(7)11/h6-11H,1-5H2. The summed E-state index contributed by atoms with van der Waals surface area (Å²) in [5.74, 6) is 2.67. The highest BCUT2D eigenvalue weighted by Crippen LogP contribution is 2.39. The minimum atomic E-state index is -0.159. The summed E-state index contributed by atoms with van der Waals surface area (Å²) in [6.07, 6.45) is 2.90. The molecule has 1 saturated carbocycles. The molecular formula is C9H16O2S. The second kappa shape index (κ2) is 3.56. The molecule has 1 aliphatic heterocycles. The first-order chi connectivity index (χ1) is 5.79. The summed E-state index contributed by atoms with van der Waals surface area (Å²) in [6, 6.07) is 0. The highest BCUT2D eigenvalue weighted by atomic mass is 32.2. The predicted octanol–water partition coefficient (Wildman–Crippen LogP) is 0.871. The molecule has 0 spiro atoms. The predicted molar refractivity (Wildman–Crippen MR) is 50.2 cm³/mol. The molecule has 2 rings (SSSR count). The Kier molecular flexibility index (Phi) is 2.63. The van der Waals surface area contributed by atoms with E-state index in [-0.39, 0.29) is 12.2 Å². The van der Waals surface area contributed by atoms with Gasteiger partial charge in [0.1, 0.15) is 0 Å². The van der Waals surface area contributed by atoms with Crippen molar-refractivity contribution in [3.63, 3.8) is 0 Å². The van der Waals surface area contributed by atoms with Gasteiger partial charge in [-0.05, 0) is 30.4 Å². The topological polar surface area (TPSA) is 40.5 Å². The molecule has 12 heavy (non-hydrogen) atoms. The summed E-state index contributed by atoms with van der Waals surface area (Å²) >= 11 is 1.82. The van der Waals surface area contributed by atoms with Crippen LogP contribution in [0.2, 0.25) is 0 Å². The molecule has 1 heterocycles. The Morgan fingerprint density at radius 2 is 1.75 bits per heavy atom. The smallest absolute Gasteiger partial charge is 0.0670 e. The molecule has 70 valence electrons. The average molecular weight is 188 g/mol. The number of hydrogen-bond donors (Lipinski definition) is 2. The van der Waals surface area contributed by atoms with E-state index < -0.39 is 0 Å². The highest BCUT2D eigenvalue weighted by molar-refractivity contribution is 7.99. The monoisotopic (exact) mass is 188 g/mol. The van der Waals surface area contributed by atoms with Crippen LogP contribution < -0.4 is 0 Å². The van der Waals surface area contributed by atoms with Crippen LogP contribution in [0, 0.1) is 11.8 Å². The van der Waals surface area contributed by atoms with Gasteiger partial charge in [-0.25, -0.2) is 0 Å². The van der Waals surface area contributed by atoms with Gasteiger partial charge in [0.15, 0.2) is 0 Å². The number of thioether (sulfide) groups is 1. The van der Waals surface area contributed by atoms with E-state index in [1.165, 1.54) is 0 Å². The van der Waals surface area contributed by atoms with Crippen LogP contribution in [0.5, 0.6) is 0 Å². The zero-order valence-electron chi connectivity index (χ0n) is 7.15. The van der Waals surface area contributed by atoms with Crippen LogP contribution >= 0.6 is 11.8 Å². The van der Waals surface area contributed by atoms with Gasteiger partial charge in [0.2, 0.25) is 0 Å². The van der Waals surface area contributed by atoms with E-state index in [1.54, 1.807) is 0 Å². The third kappa shape index (κ3) is 1.50. The van der Waals surface area contributed by atoms with Crippen molar-refractivity contribution >= 4 is 11.8 Å². The van der Waals surface area contributed by atoms with E-state index in [4.69, 9.17) is 0 Å². The fourth-order valence-corrected chi connectivity index (χ4v) is 3.80. The van der Waals surface area contributed by atoms with Gasteiger partial charge in [-0.3, -0.25) is 0 Å². The van der Waals surface area contributed by atoms with Crippen molar-refractivity contribution in [2.75, 3.05) is 11.5 Å². The van der Waals surface area contributed by atoms with E-state index in [2.05, 4.69) is 0 Å². The summed E-state index contributed by atoms with van der Waals surface area (Å²) in [7, 11) is 0. The molecule has 4 atom stereocenters. The van der Waals surface area contributed by atoms with Gasteiger partial charge in [-0.1, -0.05) is 6.42 Å². The molecule has 0 radical (unpaired) electrons. The summed E-state index contributed by atoms with van der Waals surface area (Å²) in [6.45, 7) is 0. The lowest BCUT2D eigenvalue weighted by Gasteiger charge is -2.23. The Labute approximate surface area is 77.4 Å². The number of aliphatic hydroxyl groups excluding tert-OH is 2. The van der Waals surface area contributed by atoms with E-state index in [0.717, 1.165) is 30.8 Å². The van der Waals surface area contributed by atoms with Gasteiger partial charge < -0.3 is 10.2 Å². The SMILES string of the molecule is OC1CCCC1C1CSCC1O. The first-order valence-corrected chi connectivity index (χ1v) is 5.88. The Hall–Kier alpha value is 0.270. The average Bonchev–Trinajstić information content (AvgIpc) is 2.59. The molecule has 1 saturated heterocycles. The van der Waals surface area contributed by atoms with Crippen LogP contribution in [0.1, 0.15) is 19.3 Å². The zero-order chi connectivity index (χ0) is 8.55. The number of rotatable bonds is 1. The quantitative estimate of drug-likeness (QED) is 0.641. The normalized spacial score (nSPS) is 48.5. The molecule has 0 aromatic carbocycles. The third-order valence-corrected chi connectivity index (χ3v) is 4.37. The van der Waals surface area contributed by atoms with Crippen molar-refractivity contribution in [2.24, 2.45) is 11.8 Å². The van der Waals surface area contributed by atoms with Gasteiger partial charge in [0.05, 0.1) is 12.2 Å². The van der Waals surface area contributed by atoms with Crippen LogP contribution in [0.15, 0.2) is 0 Å². The van der Waals surface area contributed by atoms with Crippen molar-refractivity contribution in [1.29, 1.82) is 0 Å². The molecule has 2 aliphatic rings. The molecule has 4 unspecified atom stereocenters. The fraction of sp³-hybridized carbons (Fsp3) is 1.00. The van der Waals surface area contributed by atoms with Crippen molar-refractivity contribution < 1.29 is 10.2 Å². The molecule has 2 fully saturated rings. The van der Waals surface area contributed by atoms with E-state index in [1.807, 2.05) is 11.8 Å².